The zero-order valence-electron chi connectivity index (χ0n) is 10.9. The summed E-state index contributed by atoms with van der Waals surface area (Å²) in [5.41, 5.74) is 0.438. The van der Waals surface area contributed by atoms with E-state index < -0.39 is 0 Å². The third kappa shape index (κ3) is 7.80. The predicted octanol–water partition coefficient (Wildman–Crippen LogP) is 3.38. The van der Waals surface area contributed by atoms with Crippen LogP contribution in [0.15, 0.2) is 0 Å². The summed E-state index contributed by atoms with van der Waals surface area (Å²) in [5, 5.41) is 8.67. The molecule has 0 fully saturated rings. The van der Waals surface area contributed by atoms with Crippen LogP contribution in [-0.4, -0.2) is 24.4 Å². The Bertz CT molecular complexity index is 143. The summed E-state index contributed by atoms with van der Waals surface area (Å²) in [6, 6.07) is 0. The first-order chi connectivity index (χ1) is 7.05. The Balaban J connectivity index is 3.69. The van der Waals surface area contributed by atoms with Crippen molar-refractivity contribution < 1.29 is 9.84 Å². The third-order valence-corrected chi connectivity index (χ3v) is 3.21. The lowest BCUT2D eigenvalue weighted by Crippen LogP contribution is -2.18. The molecule has 0 spiro atoms. The fraction of sp³-hybridized carbons (Fsp3) is 1.00. The molecule has 0 radical (unpaired) electrons. The van der Waals surface area contributed by atoms with Gasteiger partial charge >= 0.3 is 0 Å². The highest BCUT2D eigenvalue weighted by atomic mass is 16.5. The fourth-order valence-electron chi connectivity index (χ4n) is 1.45. The average Bonchev–Trinajstić information content (AvgIpc) is 2.23. The molecule has 1 atom stereocenters. The van der Waals surface area contributed by atoms with Crippen molar-refractivity contribution in [2.75, 3.05) is 13.2 Å². The lowest BCUT2D eigenvalue weighted by atomic mass is 9.84. The summed E-state index contributed by atoms with van der Waals surface area (Å²) < 4.78 is 5.71. The molecule has 0 aliphatic carbocycles. The van der Waals surface area contributed by atoms with Crippen LogP contribution in [0.2, 0.25) is 0 Å². The van der Waals surface area contributed by atoms with E-state index in [-0.39, 0.29) is 6.61 Å². The van der Waals surface area contributed by atoms with E-state index in [1.807, 2.05) is 0 Å². The van der Waals surface area contributed by atoms with Crippen LogP contribution in [0.5, 0.6) is 0 Å². The molecule has 92 valence electrons. The summed E-state index contributed by atoms with van der Waals surface area (Å²) in [5.74, 6) is 0. The van der Waals surface area contributed by atoms with E-state index in [4.69, 9.17) is 9.84 Å². The molecule has 1 N–H and O–H groups in total. The van der Waals surface area contributed by atoms with Gasteiger partial charge in [0.05, 0.1) is 6.10 Å². The van der Waals surface area contributed by atoms with Crippen molar-refractivity contribution >= 4 is 0 Å². The van der Waals surface area contributed by atoms with E-state index in [1.165, 1.54) is 12.8 Å². The number of hydrogen-bond donors (Lipinski definition) is 1. The molecule has 0 aromatic heterocycles. The lowest BCUT2D eigenvalue weighted by Gasteiger charge is -2.25. The minimum absolute atomic E-state index is 0.233. The summed E-state index contributed by atoms with van der Waals surface area (Å²) in [6.07, 6.45) is 5.80. The third-order valence-electron chi connectivity index (χ3n) is 3.21. The molecule has 0 aliphatic rings. The highest BCUT2D eigenvalue weighted by Gasteiger charge is 2.17. The van der Waals surface area contributed by atoms with Crippen molar-refractivity contribution in [3.05, 3.63) is 0 Å². The largest absolute Gasteiger partial charge is 0.396 e. The van der Waals surface area contributed by atoms with Gasteiger partial charge in [0.1, 0.15) is 0 Å². The molecular weight excluding hydrogens is 188 g/mol. The van der Waals surface area contributed by atoms with Crippen molar-refractivity contribution in [2.24, 2.45) is 5.41 Å². The van der Waals surface area contributed by atoms with Crippen molar-refractivity contribution in [1.82, 2.24) is 0 Å². The maximum atomic E-state index is 8.67. The van der Waals surface area contributed by atoms with Crippen molar-refractivity contribution in [3.8, 4) is 0 Å². The number of aliphatic hydroxyl groups excluding tert-OH is 1. The van der Waals surface area contributed by atoms with Crippen LogP contribution in [0.4, 0.5) is 0 Å². The molecule has 0 heterocycles. The van der Waals surface area contributed by atoms with E-state index >= 15 is 0 Å². The zero-order valence-corrected chi connectivity index (χ0v) is 10.9. The van der Waals surface area contributed by atoms with Crippen molar-refractivity contribution in [1.29, 1.82) is 0 Å². The van der Waals surface area contributed by atoms with Gasteiger partial charge in [-0.15, -0.1) is 0 Å². The maximum Gasteiger partial charge on any atom is 0.0572 e. The van der Waals surface area contributed by atoms with Gasteiger partial charge in [-0.1, -0.05) is 34.1 Å². The van der Waals surface area contributed by atoms with Crippen LogP contribution in [0.1, 0.15) is 59.8 Å². The summed E-state index contributed by atoms with van der Waals surface area (Å²) in [4.78, 5) is 0. The van der Waals surface area contributed by atoms with Gasteiger partial charge in [0, 0.05) is 13.2 Å². The molecule has 0 rings (SSSR count). The van der Waals surface area contributed by atoms with Gasteiger partial charge in [-0.3, -0.25) is 0 Å². The molecule has 0 saturated carbocycles. The number of ether oxygens (including phenoxy) is 1. The lowest BCUT2D eigenvalue weighted by molar-refractivity contribution is 0.0286. The summed E-state index contributed by atoms with van der Waals surface area (Å²) in [6.45, 7) is 9.97. The highest BCUT2D eigenvalue weighted by molar-refractivity contribution is 4.69. The molecule has 2 heteroatoms. The van der Waals surface area contributed by atoms with Crippen LogP contribution in [-0.2, 0) is 4.74 Å². The topological polar surface area (TPSA) is 29.5 Å². The Kier molecular flexibility index (Phi) is 8.07. The van der Waals surface area contributed by atoms with Crippen molar-refractivity contribution in [3.63, 3.8) is 0 Å². The number of rotatable bonds is 9. The summed E-state index contributed by atoms with van der Waals surface area (Å²) in [7, 11) is 0. The Labute approximate surface area is 95.0 Å². The van der Waals surface area contributed by atoms with Crippen LogP contribution in [0.3, 0.4) is 0 Å². The Morgan fingerprint density at radius 2 is 1.93 bits per heavy atom. The van der Waals surface area contributed by atoms with Crippen LogP contribution in [0.25, 0.3) is 0 Å². The van der Waals surface area contributed by atoms with Crippen LogP contribution in [0, 0.1) is 5.41 Å². The van der Waals surface area contributed by atoms with E-state index in [0.29, 0.717) is 18.1 Å². The smallest absolute Gasteiger partial charge is 0.0572 e. The fourth-order valence-corrected chi connectivity index (χ4v) is 1.45. The molecule has 1 unspecified atom stereocenters. The van der Waals surface area contributed by atoms with Gasteiger partial charge in [0.2, 0.25) is 0 Å². The molecular formula is C13H28O2. The monoisotopic (exact) mass is 216 g/mol. The molecule has 0 bridgehead atoms. The Hall–Kier alpha value is -0.0800. The second-order valence-corrected chi connectivity index (χ2v) is 5.03. The predicted molar refractivity (Wildman–Crippen MR) is 65.0 cm³/mol. The molecule has 0 aliphatic heterocycles. The van der Waals surface area contributed by atoms with E-state index in [9.17, 15) is 0 Å². The molecule has 2 nitrogen and oxygen atoms in total. The van der Waals surface area contributed by atoms with Crippen LogP contribution >= 0.6 is 0 Å². The standard InChI is InChI=1S/C13H28O2/c1-5-12(15-11-7-10-14)8-9-13(3,4)6-2/h12,14H,5-11H2,1-4H3. The van der Waals surface area contributed by atoms with Crippen LogP contribution < -0.4 is 0 Å². The maximum absolute atomic E-state index is 8.67. The van der Waals surface area contributed by atoms with Gasteiger partial charge in [-0.2, -0.15) is 0 Å². The van der Waals surface area contributed by atoms with E-state index in [1.54, 1.807) is 0 Å². The Morgan fingerprint density at radius 1 is 1.27 bits per heavy atom. The second kappa shape index (κ2) is 8.12. The quantitative estimate of drug-likeness (QED) is 0.599. The van der Waals surface area contributed by atoms with E-state index in [2.05, 4.69) is 27.7 Å². The van der Waals surface area contributed by atoms with Gasteiger partial charge in [0.25, 0.3) is 0 Å². The SMILES string of the molecule is CCC(CCC(C)(C)CC)OCCCO. The van der Waals surface area contributed by atoms with Gasteiger partial charge < -0.3 is 9.84 Å². The first-order valence-corrected chi connectivity index (χ1v) is 6.28. The van der Waals surface area contributed by atoms with Gasteiger partial charge in [-0.05, 0) is 31.1 Å². The first kappa shape index (κ1) is 14.9. The molecule has 15 heavy (non-hydrogen) atoms. The normalized spacial score (nSPS) is 14.2. The highest BCUT2D eigenvalue weighted by Crippen LogP contribution is 2.27. The Morgan fingerprint density at radius 3 is 2.40 bits per heavy atom. The van der Waals surface area contributed by atoms with Crippen molar-refractivity contribution in [2.45, 2.75) is 65.9 Å². The zero-order chi connectivity index (χ0) is 11.7. The molecule has 0 aromatic carbocycles. The van der Waals surface area contributed by atoms with Gasteiger partial charge in [0.15, 0.2) is 0 Å². The molecule has 0 saturated heterocycles. The average molecular weight is 216 g/mol. The first-order valence-electron chi connectivity index (χ1n) is 6.28. The van der Waals surface area contributed by atoms with E-state index in [0.717, 1.165) is 19.3 Å². The minimum atomic E-state index is 0.233. The minimum Gasteiger partial charge on any atom is -0.396 e. The molecule has 0 amide bonds. The number of aliphatic hydroxyl groups is 1. The number of hydrogen-bond acceptors (Lipinski definition) is 2. The molecule has 0 aromatic rings. The van der Waals surface area contributed by atoms with Gasteiger partial charge in [-0.25, -0.2) is 0 Å². The second-order valence-electron chi connectivity index (χ2n) is 5.03. The summed E-state index contributed by atoms with van der Waals surface area (Å²) >= 11 is 0.